The summed E-state index contributed by atoms with van der Waals surface area (Å²) in [5.74, 6) is 0.107. The van der Waals surface area contributed by atoms with Crippen molar-refractivity contribution in [1.82, 2.24) is 15.5 Å². The van der Waals surface area contributed by atoms with Crippen LogP contribution in [0.3, 0.4) is 0 Å². The van der Waals surface area contributed by atoms with E-state index in [9.17, 15) is 9.59 Å². The Morgan fingerprint density at radius 1 is 1.36 bits per heavy atom. The molecule has 1 fully saturated rings. The van der Waals surface area contributed by atoms with Crippen molar-refractivity contribution in [3.05, 3.63) is 34.3 Å². The number of nitrogens with zero attached hydrogens (tertiary/aromatic N) is 1. The van der Waals surface area contributed by atoms with Gasteiger partial charge in [-0.2, -0.15) is 0 Å². The van der Waals surface area contributed by atoms with E-state index in [-0.39, 0.29) is 24.0 Å². The van der Waals surface area contributed by atoms with Crippen molar-refractivity contribution in [1.29, 1.82) is 0 Å². The predicted molar refractivity (Wildman–Crippen MR) is 89.6 cm³/mol. The fourth-order valence-corrected chi connectivity index (χ4v) is 2.80. The summed E-state index contributed by atoms with van der Waals surface area (Å²) in [6.45, 7) is 5.13. The highest BCUT2D eigenvalue weighted by molar-refractivity contribution is 9.10. The number of hydrogen-bond acceptors (Lipinski definition) is 2. The molecule has 1 atom stereocenters. The van der Waals surface area contributed by atoms with Crippen LogP contribution in [0.15, 0.2) is 28.7 Å². The monoisotopic (exact) mass is 367 g/mol. The Morgan fingerprint density at radius 3 is 2.64 bits per heavy atom. The summed E-state index contributed by atoms with van der Waals surface area (Å²) in [7, 11) is 0. The zero-order chi connectivity index (χ0) is 16.1. The van der Waals surface area contributed by atoms with Gasteiger partial charge in [0.25, 0.3) is 0 Å². The van der Waals surface area contributed by atoms with Crippen molar-refractivity contribution in [3.63, 3.8) is 0 Å². The van der Waals surface area contributed by atoms with Gasteiger partial charge in [0, 0.05) is 30.0 Å². The third-order valence-electron chi connectivity index (χ3n) is 3.73. The molecule has 6 heteroatoms. The molecule has 1 saturated heterocycles. The van der Waals surface area contributed by atoms with Crippen LogP contribution in [0.5, 0.6) is 0 Å². The number of halogens is 1. The number of urea groups is 1. The van der Waals surface area contributed by atoms with Gasteiger partial charge < -0.3 is 15.5 Å². The van der Waals surface area contributed by atoms with Gasteiger partial charge in [0.05, 0.1) is 6.04 Å². The smallest absolute Gasteiger partial charge is 0.315 e. The van der Waals surface area contributed by atoms with E-state index in [1.165, 1.54) is 5.56 Å². The maximum absolute atomic E-state index is 11.9. The van der Waals surface area contributed by atoms with Gasteiger partial charge in [-0.3, -0.25) is 4.79 Å². The maximum atomic E-state index is 11.9. The van der Waals surface area contributed by atoms with Gasteiger partial charge in [-0.25, -0.2) is 4.79 Å². The van der Waals surface area contributed by atoms with E-state index in [0.29, 0.717) is 19.5 Å². The fraction of sp³-hybridized carbons (Fsp3) is 0.500. The Kier molecular flexibility index (Phi) is 5.83. The molecule has 1 aromatic rings. The number of benzene rings is 1. The first-order valence-electron chi connectivity index (χ1n) is 7.54. The van der Waals surface area contributed by atoms with E-state index in [0.717, 1.165) is 10.9 Å². The van der Waals surface area contributed by atoms with Crippen LogP contribution in [0.25, 0.3) is 0 Å². The predicted octanol–water partition coefficient (Wildman–Crippen LogP) is 2.30. The topological polar surface area (TPSA) is 61.4 Å². The zero-order valence-electron chi connectivity index (χ0n) is 12.9. The first-order chi connectivity index (χ1) is 10.5. The lowest BCUT2D eigenvalue weighted by Crippen LogP contribution is -2.44. The molecule has 1 heterocycles. The molecule has 22 heavy (non-hydrogen) atoms. The molecule has 0 spiro atoms. The molecule has 1 aliphatic rings. The lowest BCUT2D eigenvalue weighted by Gasteiger charge is -2.21. The van der Waals surface area contributed by atoms with Crippen LogP contribution in [0.2, 0.25) is 0 Å². The third kappa shape index (κ3) is 4.73. The van der Waals surface area contributed by atoms with Crippen molar-refractivity contribution in [3.8, 4) is 0 Å². The fourth-order valence-electron chi connectivity index (χ4n) is 2.54. The maximum Gasteiger partial charge on any atom is 0.315 e. The number of rotatable bonds is 5. The summed E-state index contributed by atoms with van der Waals surface area (Å²) >= 11 is 3.39. The molecule has 0 saturated carbocycles. The first kappa shape index (κ1) is 16.8. The average Bonchev–Trinajstić information content (AvgIpc) is 2.82. The second-order valence-electron chi connectivity index (χ2n) is 5.82. The summed E-state index contributed by atoms with van der Waals surface area (Å²) in [5, 5.41) is 5.71. The summed E-state index contributed by atoms with van der Waals surface area (Å²) in [4.78, 5) is 25.4. The van der Waals surface area contributed by atoms with Crippen LogP contribution in [0, 0.1) is 0 Å². The number of amides is 3. The van der Waals surface area contributed by atoms with Gasteiger partial charge in [-0.15, -0.1) is 0 Å². The lowest BCUT2D eigenvalue weighted by atomic mass is 10.1. The summed E-state index contributed by atoms with van der Waals surface area (Å²) < 4.78 is 1.04. The van der Waals surface area contributed by atoms with E-state index < -0.39 is 0 Å². The van der Waals surface area contributed by atoms with Crippen molar-refractivity contribution >= 4 is 27.9 Å². The van der Waals surface area contributed by atoms with Gasteiger partial charge in [-0.05, 0) is 38.0 Å². The molecule has 3 amide bonds. The average molecular weight is 368 g/mol. The second-order valence-corrected chi connectivity index (χ2v) is 6.73. The molecule has 0 radical (unpaired) electrons. The minimum Gasteiger partial charge on any atom is -0.338 e. The second kappa shape index (κ2) is 7.63. The molecule has 0 aliphatic carbocycles. The molecule has 1 unspecified atom stereocenters. The van der Waals surface area contributed by atoms with Crippen LogP contribution in [0.1, 0.15) is 25.8 Å². The number of hydrogen-bond donors (Lipinski definition) is 2. The highest BCUT2D eigenvalue weighted by Crippen LogP contribution is 2.14. The number of carbonyl (C=O) groups excluding carboxylic acids is 2. The minimum atomic E-state index is -0.208. The van der Waals surface area contributed by atoms with E-state index >= 15 is 0 Å². The largest absolute Gasteiger partial charge is 0.338 e. The Balaban J connectivity index is 1.70. The summed E-state index contributed by atoms with van der Waals surface area (Å²) in [5.41, 5.74) is 1.17. The van der Waals surface area contributed by atoms with Crippen molar-refractivity contribution in [2.45, 2.75) is 38.8 Å². The Morgan fingerprint density at radius 2 is 2.05 bits per heavy atom. The first-order valence-corrected chi connectivity index (χ1v) is 8.33. The standard InChI is InChI=1S/C16H22BrN3O2/c1-11(2)20-10-14(9-15(20)21)19-16(22)18-8-7-12-3-5-13(17)6-4-12/h3-6,11,14H,7-10H2,1-2H3,(H2,18,19,22). The SMILES string of the molecule is CC(C)N1CC(NC(=O)NCCc2ccc(Br)cc2)CC1=O. The number of carbonyl (C=O) groups is 2. The van der Waals surface area contributed by atoms with Crippen LogP contribution in [-0.4, -0.2) is 42.0 Å². The van der Waals surface area contributed by atoms with Crippen LogP contribution in [0.4, 0.5) is 4.79 Å². The van der Waals surface area contributed by atoms with E-state index in [1.807, 2.05) is 38.1 Å². The van der Waals surface area contributed by atoms with Crippen molar-refractivity contribution in [2.24, 2.45) is 0 Å². The van der Waals surface area contributed by atoms with E-state index in [2.05, 4.69) is 26.6 Å². The molecule has 120 valence electrons. The van der Waals surface area contributed by atoms with Crippen molar-refractivity contribution < 1.29 is 9.59 Å². The summed E-state index contributed by atoms with van der Waals surface area (Å²) in [6.07, 6.45) is 1.17. The molecule has 1 aliphatic heterocycles. The van der Waals surface area contributed by atoms with Gasteiger partial charge in [0.15, 0.2) is 0 Å². The minimum absolute atomic E-state index is 0.0948. The van der Waals surface area contributed by atoms with Crippen LogP contribution < -0.4 is 10.6 Å². The zero-order valence-corrected chi connectivity index (χ0v) is 14.5. The van der Waals surface area contributed by atoms with Gasteiger partial charge in [-0.1, -0.05) is 28.1 Å². The molecular weight excluding hydrogens is 346 g/mol. The van der Waals surface area contributed by atoms with E-state index in [1.54, 1.807) is 4.90 Å². The third-order valence-corrected chi connectivity index (χ3v) is 4.26. The molecule has 0 bridgehead atoms. The van der Waals surface area contributed by atoms with Gasteiger partial charge in [0.2, 0.25) is 5.91 Å². The van der Waals surface area contributed by atoms with Gasteiger partial charge >= 0.3 is 6.03 Å². The molecule has 1 aromatic carbocycles. The van der Waals surface area contributed by atoms with Crippen LogP contribution >= 0.6 is 15.9 Å². The molecular formula is C16H22BrN3O2. The van der Waals surface area contributed by atoms with Crippen molar-refractivity contribution in [2.75, 3.05) is 13.1 Å². The number of likely N-dealkylation sites (tertiary alicyclic amines) is 1. The molecule has 5 nitrogen and oxygen atoms in total. The Labute approximate surface area is 139 Å². The molecule has 0 aromatic heterocycles. The van der Waals surface area contributed by atoms with E-state index in [4.69, 9.17) is 0 Å². The quantitative estimate of drug-likeness (QED) is 0.838. The lowest BCUT2D eigenvalue weighted by molar-refractivity contribution is -0.129. The summed E-state index contributed by atoms with van der Waals surface area (Å²) in [6, 6.07) is 7.91. The molecule has 2 rings (SSSR count). The highest BCUT2D eigenvalue weighted by Gasteiger charge is 2.31. The van der Waals surface area contributed by atoms with Gasteiger partial charge in [0.1, 0.15) is 0 Å². The Hall–Kier alpha value is -1.56. The normalized spacial score (nSPS) is 17.9. The highest BCUT2D eigenvalue weighted by atomic mass is 79.9. The number of nitrogens with one attached hydrogen (secondary N) is 2. The molecule has 2 N–H and O–H groups in total. The van der Waals surface area contributed by atoms with Crippen LogP contribution in [-0.2, 0) is 11.2 Å². The Bertz CT molecular complexity index is 531.